The first-order chi connectivity index (χ1) is 15.4. The highest BCUT2D eigenvalue weighted by Crippen LogP contribution is 2.27. The van der Waals surface area contributed by atoms with E-state index in [1.54, 1.807) is 22.8 Å². The molecule has 0 saturated carbocycles. The van der Waals surface area contributed by atoms with Crippen molar-refractivity contribution < 1.29 is 14.3 Å². The Morgan fingerprint density at radius 3 is 2.59 bits per heavy atom. The van der Waals surface area contributed by atoms with Gasteiger partial charge in [-0.1, -0.05) is 55.9 Å². The molecule has 2 N–H and O–H groups in total. The van der Waals surface area contributed by atoms with Gasteiger partial charge in [0.2, 0.25) is 5.91 Å². The Bertz CT molecular complexity index is 1180. The van der Waals surface area contributed by atoms with E-state index in [-0.39, 0.29) is 17.2 Å². The molecule has 0 aliphatic heterocycles. The molecule has 0 bridgehead atoms. The number of methoxy groups -OCH3 is 1. The molecule has 8 nitrogen and oxygen atoms in total. The number of hydrogen-bond donors (Lipinski definition) is 2. The van der Waals surface area contributed by atoms with Crippen molar-refractivity contribution in [2.45, 2.75) is 24.9 Å². The number of amides is 3. The number of aromatic nitrogens is 2. The predicted molar refractivity (Wildman–Crippen MR) is 126 cm³/mol. The van der Waals surface area contributed by atoms with E-state index in [0.717, 1.165) is 23.0 Å². The van der Waals surface area contributed by atoms with E-state index in [1.807, 2.05) is 30.3 Å². The third kappa shape index (κ3) is 5.54. The Kier molecular flexibility index (Phi) is 8.02. The monoisotopic (exact) mass is 454 g/mol. The van der Waals surface area contributed by atoms with Crippen molar-refractivity contribution in [2.24, 2.45) is 0 Å². The fourth-order valence-electron chi connectivity index (χ4n) is 3.20. The number of ether oxygens (including phenoxy) is 1. The zero-order valence-electron chi connectivity index (χ0n) is 18.3. The molecule has 1 heterocycles. The summed E-state index contributed by atoms with van der Waals surface area (Å²) in [5.41, 5.74) is 2.07. The maximum absolute atomic E-state index is 13.4. The van der Waals surface area contributed by atoms with Gasteiger partial charge in [-0.3, -0.25) is 19.5 Å². The molecule has 0 unspecified atom stereocenters. The lowest BCUT2D eigenvalue weighted by atomic mass is 10.0. The molecule has 0 aliphatic carbocycles. The van der Waals surface area contributed by atoms with Gasteiger partial charge in [-0.2, -0.15) is 0 Å². The van der Waals surface area contributed by atoms with Gasteiger partial charge in [0.1, 0.15) is 0 Å². The average Bonchev–Trinajstić information content (AvgIpc) is 2.78. The van der Waals surface area contributed by atoms with E-state index in [4.69, 9.17) is 4.74 Å². The summed E-state index contributed by atoms with van der Waals surface area (Å²) in [6, 6.07) is 14.2. The minimum atomic E-state index is -0.596. The standard InChI is InChI=1S/C23H26N4O4S/c1-15(2)16-8-5-7-11-19(16)27-21(29)17-9-4-6-10-18(17)25-23(27)32-14-20(28)26-22(30)24-12-13-31-3/h4-11,15H,12-14H2,1-3H3,(H2,24,26,28,30). The van der Waals surface area contributed by atoms with Crippen molar-refractivity contribution >= 4 is 34.6 Å². The largest absolute Gasteiger partial charge is 0.383 e. The number of urea groups is 1. The van der Waals surface area contributed by atoms with Gasteiger partial charge in [0.05, 0.1) is 29.0 Å². The molecule has 1 aromatic heterocycles. The number of para-hydroxylation sites is 2. The number of benzene rings is 2. The maximum atomic E-state index is 13.4. The van der Waals surface area contributed by atoms with Gasteiger partial charge < -0.3 is 10.1 Å². The average molecular weight is 455 g/mol. The van der Waals surface area contributed by atoms with E-state index in [9.17, 15) is 14.4 Å². The van der Waals surface area contributed by atoms with Crippen LogP contribution in [0.1, 0.15) is 25.3 Å². The fraction of sp³-hybridized carbons (Fsp3) is 0.304. The molecule has 168 valence electrons. The summed E-state index contributed by atoms with van der Waals surface area (Å²) in [6.07, 6.45) is 0. The Labute approximate surface area is 190 Å². The van der Waals surface area contributed by atoms with Gasteiger partial charge >= 0.3 is 6.03 Å². The van der Waals surface area contributed by atoms with Crippen LogP contribution in [0.15, 0.2) is 58.5 Å². The van der Waals surface area contributed by atoms with E-state index in [0.29, 0.717) is 29.2 Å². The highest BCUT2D eigenvalue weighted by Gasteiger charge is 2.18. The summed E-state index contributed by atoms with van der Waals surface area (Å²) >= 11 is 1.10. The minimum Gasteiger partial charge on any atom is -0.383 e. The van der Waals surface area contributed by atoms with Gasteiger partial charge in [0.15, 0.2) is 5.16 Å². The highest BCUT2D eigenvalue weighted by molar-refractivity contribution is 7.99. The minimum absolute atomic E-state index is 0.0771. The van der Waals surface area contributed by atoms with Crippen LogP contribution in [-0.2, 0) is 9.53 Å². The second-order valence-corrected chi connectivity index (χ2v) is 8.29. The number of nitrogens with one attached hydrogen (secondary N) is 2. The van der Waals surface area contributed by atoms with E-state index in [1.165, 1.54) is 7.11 Å². The van der Waals surface area contributed by atoms with Crippen LogP contribution < -0.4 is 16.2 Å². The summed E-state index contributed by atoms with van der Waals surface area (Å²) in [5, 5.41) is 5.68. The first kappa shape index (κ1) is 23.5. The number of hydrogen-bond acceptors (Lipinski definition) is 6. The molecule has 32 heavy (non-hydrogen) atoms. The molecule has 0 atom stereocenters. The third-order valence-electron chi connectivity index (χ3n) is 4.72. The number of fused-ring (bicyclic) bond motifs is 1. The lowest BCUT2D eigenvalue weighted by molar-refractivity contribution is -0.117. The van der Waals surface area contributed by atoms with Crippen LogP contribution in [-0.4, -0.2) is 47.5 Å². The molecule has 3 amide bonds. The van der Waals surface area contributed by atoms with Crippen molar-refractivity contribution in [3.8, 4) is 5.69 Å². The smallest absolute Gasteiger partial charge is 0.321 e. The zero-order valence-corrected chi connectivity index (χ0v) is 19.1. The van der Waals surface area contributed by atoms with Gasteiger partial charge in [0, 0.05) is 13.7 Å². The Morgan fingerprint density at radius 1 is 1.12 bits per heavy atom. The number of carbonyl (C=O) groups excluding carboxylic acids is 2. The summed E-state index contributed by atoms with van der Waals surface area (Å²) in [4.78, 5) is 42.2. The van der Waals surface area contributed by atoms with Crippen LogP contribution in [0.25, 0.3) is 16.6 Å². The van der Waals surface area contributed by atoms with Crippen molar-refractivity contribution in [1.29, 1.82) is 0 Å². The van der Waals surface area contributed by atoms with E-state index >= 15 is 0 Å². The summed E-state index contributed by atoms with van der Waals surface area (Å²) in [6.45, 7) is 4.75. The third-order valence-corrected chi connectivity index (χ3v) is 5.66. The van der Waals surface area contributed by atoms with Gasteiger partial charge in [0.25, 0.3) is 5.56 Å². The highest BCUT2D eigenvalue weighted by atomic mass is 32.2. The van der Waals surface area contributed by atoms with Crippen LogP contribution in [0.5, 0.6) is 0 Å². The fourth-order valence-corrected chi connectivity index (χ4v) is 4.01. The van der Waals surface area contributed by atoms with Gasteiger partial charge in [-0.05, 0) is 29.7 Å². The van der Waals surface area contributed by atoms with Gasteiger partial charge in [-0.25, -0.2) is 9.78 Å². The molecule has 2 aromatic carbocycles. The Balaban J connectivity index is 1.93. The maximum Gasteiger partial charge on any atom is 0.321 e. The molecule has 0 spiro atoms. The normalized spacial score (nSPS) is 11.0. The summed E-state index contributed by atoms with van der Waals surface area (Å²) in [5.74, 6) is -0.385. The lowest BCUT2D eigenvalue weighted by Gasteiger charge is -2.18. The second-order valence-electron chi connectivity index (χ2n) is 7.35. The first-order valence-electron chi connectivity index (χ1n) is 10.2. The van der Waals surface area contributed by atoms with Crippen molar-refractivity contribution in [3.63, 3.8) is 0 Å². The Hall–Kier alpha value is -3.17. The molecule has 0 fully saturated rings. The van der Waals surface area contributed by atoms with Gasteiger partial charge in [-0.15, -0.1) is 0 Å². The zero-order chi connectivity index (χ0) is 23.1. The van der Waals surface area contributed by atoms with Crippen molar-refractivity contribution in [1.82, 2.24) is 20.2 Å². The van der Waals surface area contributed by atoms with Crippen LogP contribution >= 0.6 is 11.8 Å². The molecule has 0 aliphatic rings. The SMILES string of the molecule is COCCNC(=O)NC(=O)CSc1nc2ccccc2c(=O)n1-c1ccccc1C(C)C. The van der Waals surface area contributed by atoms with Crippen LogP contribution in [0.3, 0.4) is 0 Å². The number of thioether (sulfide) groups is 1. The Morgan fingerprint density at radius 2 is 1.84 bits per heavy atom. The molecular weight excluding hydrogens is 428 g/mol. The van der Waals surface area contributed by atoms with E-state index in [2.05, 4.69) is 29.5 Å². The number of imide groups is 1. The van der Waals surface area contributed by atoms with Crippen LogP contribution in [0.2, 0.25) is 0 Å². The molecule has 3 rings (SSSR count). The molecule has 0 radical (unpaired) electrons. The number of rotatable bonds is 8. The topological polar surface area (TPSA) is 102 Å². The second kappa shape index (κ2) is 10.9. The molecule has 9 heteroatoms. The molecule has 3 aromatic rings. The summed E-state index contributed by atoms with van der Waals surface area (Å²) < 4.78 is 6.41. The number of nitrogens with zero attached hydrogens (tertiary/aromatic N) is 2. The number of carbonyl (C=O) groups is 2. The quantitative estimate of drug-likeness (QED) is 0.308. The lowest BCUT2D eigenvalue weighted by Crippen LogP contribution is -2.41. The van der Waals surface area contributed by atoms with Crippen molar-refractivity contribution in [3.05, 3.63) is 64.4 Å². The molecular formula is C23H26N4O4S. The van der Waals surface area contributed by atoms with E-state index < -0.39 is 11.9 Å². The van der Waals surface area contributed by atoms with Crippen molar-refractivity contribution in [2.75, 3.05) is 26.0 Å². The first-order valence-corrected chi connectivity index (χ1v) is 11.2. The van der Waals surface area contributed by atoms with Crippen LogP contribution in [0.4, 0.5) is 4.79 Å². The van der Waals surface area contributed by atoms with Crippen LogP contribution in [0, 0.1) is 0 Å². The predicted octanol–water partition coefficient (Wildman–Crippen LogP) is 3.07. The summed E-state index contributed by atoms with van der Waals surface area (Å²) in [7, 11) is 1.52. The molecule has 0 saturated heterocycles.